The maximum atomic E-state index is 6.07. The van der Waals surface area contributed by atoms with Crippen molar-refractivity contribution in [3.05, 3.63) is 29.8 Å². The van der Waals surface area contributed by atoms with E-state index < -0.39 is 0 Å². The first-order valence-electron chi connectivity index (χ1n) is 9.63. The van der Waals surface area contributed by atoms with E-state index in [1.165, 1.54) is 36.9 Å². The van der Waals surface area contributed by atoms with Crippen molar-refractivity contribution in [2.75, 3.05) is 38.2 Å². The Morgan fingerprint density at radius 2 is 1.96 bits per heavy atom. The van der Waals surface area contributed by atoms with Crippen LogP contribution >= 0.6 is 0 Å². The van der Waals surface area contributed by atoms with Crippen LogP contribution in [0.15, 0.2) is 24.3 Å². The van der Waals surface area contributed by atoms with Crippen molar-refractivity contribution >= 4 is 5.69 Å². The third-order valence-corrected chi connectivity index (χ3v) is 6.86. The number of benzene rings is 1. The summed E-state index contributed by atoms with van der Waals surface area (Å²) in [6.45, 7) is 5.80. The van der Waals surface area contributed by atoms with E-state index in [1.54, 1.807) is 0 Å². The average Bonchev–Trinajstić information content (AvgIpc) is 2.99. The van der Waals surface area contributed by atoms with E-state index in [2.05, 4.69) is 34.5 Å². The molecule has 0 bridgehead atoms. The van der Waals surface area contributed by atoms with Crippen LogP contribution in [0.5, 0.6) is 0 Å². The van der Waals surface area contributed by atoms with Gasteiger partial charge < -0.3 is 14.8 Å². The normalized spacial score (nSPS) is 34.4. The second-order valence-corrected chi connectivity index (χ2v) is 8.00. The van der Waals surface area contributed by atoms with Crippen LogP contribution in [0, 0.1) is 11.3 Å². The molecular weight excluding hydrogens is 300 g/mol. The van der Waals surface area contributed by atoms with Gasteiger partial charge in [0.15, 0.2) is 0 Å². The minimum Gasteiger partial charge on any atom is -0.381 e. The van der Waals surface area contributed by atoms with Crippen molar-refractivity contribution in [3.8, 4) is 0 Å². The Kier molecular flexibility index (Phi) is 3.80. The predicted molar refractivity (Wildman–Crippen MR) is 94.1 cm³/mol. The van der Waals surface area contributed by atoms with Crippen molar-refractivity contribution in [2.45, 2.75) is 44.4 Å². The maximum Gasteiger partial charge on any atom is 0.0699 e. The summed E-state index contributed by atoms with van der Waals surface area (Å²) in [5.74, 6) is 0.724. The zero-order valence-electron chi connectivity index (χ0n) is 14.4. The zero-order valence-corrected chi connectivity index (χ0v) is 14.4. The molecule has 0 amide bonds. The fraction of sp³-hybridized carbons (Fsp3) is 0.700. The monoisotopic (exact) mass is 328 g/mol. The molecule has 1 N–H and O–H groups in total. The number of morpholine rings is 1. The van der Waals surface area contributed by atoms with Gasteiger partial charge in [-0.05, 0) is 30.9 Å². The highest BCUT2D eigenvalue weighted by Gasteiger charge is 2.66. The molecule has 0 radical (unpaired) electrons. The molecule has 4 fully saturated rings. The molecule has 3 atom stereocenters. The van der Waals surface area contributed by atoms with Gasteiger partial charge >= 0.3 is 0 Å². The lowest BCUT2D eigenvalue weighted by atomic mass is 9.46. The summed E-state index contributed by atoms with van der Waals surface area (Å²) < 4.78 is 11.6. The molecule has 0 aromatic heterocycles. The van der Waals surface area contributed by atoms with Crippen molar-refractivity contribution in [1.82, 2.24) is 4.90 Å². The third kappa shape index (κ3) is 2.31. The van der Waals surface area contributed by atoms with Gasteiger partial charge in [-0.2, -0.15) is 0 Å². The second kappa shape index (κ2) is 6.01. The Morgan fingerprint density at radius 3 is 2.75 bits per heavy atom. The van der Waals surface area contributed by atoms with Crippen LogP contribution in [0.25, 0.3) is 0 Å². The first-order chi connectivity index (χ1) is 11.9. The molecule has 5 rings (SSSR count). The molecule has 2 aliphatic heterocycles. The lowest BCUT2D eigenvalue weighted by molar-refractivity contribution is -0.158. The van der Waals surface area contributed by atoms with Crippen molar-refractivity contribution in [1.29, 1.82) is 0 Å². The molecule has 2 saturated carbocycles. The van der Waals surface area contributed by atoms with Crippen LogP contribution in [0.4, 0.5) is 5.69 Å². The molecule has 2 heterocycles. The van der Waals surface area contributed by atoms with Gasteiger partial charge in [-0.15, -0.1) is 0 Å². The maximum absolute atomic E-state index is 6.07. The molecule has 24 heavy (non-hydrogen) atoms. The number of anilines is 1. The quantitative estimate of drug-likeness (QED) is 0.921. The molecule has 1 spiro atoms. The minimum absolute atomic E-state index is 0.438. The van der Waals surface area contributed by atoms with Crippen molar-refractivity contribution in [2.24, 2.45) is 11.3 Å². The number of ether oxygens (including phenoxy) is 2. The van der Waals surface area contributed by atoms with Gasteiger partial charge in [0.05, 0.1) is 19.3 Å². The molecule has 4 nitrogen and oxygen atoms in total. The van der Waals surface area contributed by atoms with E-state index in [0.717, 1.165) is 45.4 Å². The van der Waals surface area contributed by atoms with E-state index in [0.29, 0.717) is 17.6 Å². The summed E-state index contributed by atoms with van der Waals surface area (Å²) in [5, 5.41) is 3.96. The summed E-state index contributed by atoms with van der Waals surface area (Å²) in [5.41, 5.74) is 3.20. The number of nitrogens with one attached hydrogen (secondary N) is 1. The molecule has 2 aliphatic carbocycles. The van der Waals surface area contributed by atoms with Crippen LogP contribution in [0.1, 0.15) is 31.2 Å². The fourth-order valence-corrected chi connectivity index (χ4v) is 5.42. The summed E-state index contributed by atoms with van der Waals surface area (Å²) >= 11 is 0. The number of rotatable bonds is 4. The van der Waals surface area contributed by atoms with E-state index in [4.69, 9.17) is 9.47 Å². The van der Waals surface area contributed by atoms with Gasteiger partial charge in [-0.3, -0.25) is 4.90 Å². The van der Waals surface area contributed by atoms with Crippen LogP contribution < -0.4 is 5.32 Å². The molecule has 4 aliphatic rings. The van der Waals surface area contributed by atoms with Gasteiger partial charge in [0, 0.05) is 49.3 Å². The number of hydrogen-bond donors (Lipinski definition) is 1. The van der Waals surface area contributed by atoms with Crippen molar-refractivity contribution in [3.63, 3.8) is 0 Å². The Morgan fingerprint density at radius 1 is 1.12 bits per heavy atom. The highest BCUT2D eigenvalue weighted by atomic mass is 16.5. The average molecular weight is 328 g/mol. The molecule has 2 saturated heterocycles. The first kappa shape index (κ1) is 15.2. The Balaban J connectivity index is 1.33. The molecule has 130 valence electrons. The largest absolute Gasteiger partial charge is 0.381 e. The molecule has 1 aromatic rings. The SMILES string of the molecule is c1ccc(N[C@@H]2[C@H]3CCO[C@H]3C23CCC3)c(CN2CCOCC2)c1. The Hall–Kier alpha value is -1.10. The van der Waals surface area contributed by atoms with Crippen LogP contribution in [-0.4, -0.2) is 50.0 Å². The minimum atomic E-state index is 0.438. The summed E-state index contributed by atoms with van der Waals surface area (Å²) in [4.78, 5) is 2.51. The molecule has 0 unspecified atom stereocenters. The molecule has 4 heteroatoms. The van der Waals surface area contributed by atoms with E-state index in [9.17, 15) is 0 Å². The number of para-hydroxylation sites is 1. The predicted octanol–water partition coefficient (Wildman–Crippen LogP) is 2.89. The third-order valence-electron chi connectivity index (χ3n) is 6.86. The number of hydrogen-bond acceptors (Lipinski definition) is 4. The molecule has 1 aromatic carbocycles. The first-order valence-corrected chi connectivity index (χ1v) is 9.63. The summed E-state index contributed by atoms with van der Waals surface area (Å²) in [6.07, 6.45) is 5.83. The number of nitrogens with zero attached hydrogens (tertiary/aromatic N) is 1. The van der Waals surface area contributed by atoms with Gasteiger partial charge in [0.25, 0.3) is 0 Å². The number of fused-ring (bicyclic) bond motifs is 2. The Bertz CT molecular complexity index is 595. The lowest BCUT2D eigenvalue weighted by Gasteiger charge is -2.63. The highest BCUT2D eigenvalue weighted by molar-refractivity contribution is 5.53. The smallest absolute Gasteiger partial charge is 0.0699 e. The van der Waals surface area contributed by atoms with E-state index in [1.807, 2.05) is 0 Å². The van der Waals surface area contributed by atoms with E-state index in [-0.39, 0.29) is 0 Å². The van der Waals surface area contributed by atoms with Crippen molar-refractivity contribution < 1.29 is 9.47 Å². The van der Waals surface area contributed by atoms with Gasteiger partial charge in [0.1, 0.15) is 0 Å². The van der Waals surface area contributed by atoms with Crippen LogP contribution in [0.3, 0.4) is 0 Å². The van der Waals surface area contributed by atoms with Crippen LogP contribution in [-0.2, 0) is 16.0 Å². The molecular formula is C20H28N2O2. The Labute approximate surface area is 144 Å². The topological polar surface area (TPSA) is 33.7 Å². The van der Waals surface area contributed by atoms with Gasteiger partial charge in [-0.25, -0.2) is 0 Å². The summed E-state index contributed by atoms with van der Waals surface area (Å²) in [6, 6.07) is 9.50. The summed E-state index contributed by atoms with van der Waals surface area (Å²) in [7, 11) is 0. The van der Waals surface area contributed by atoms with E-state index >= 15 is 0 Å². The van der Waals surface area contributed by atoms with Gasteiger partial charge in [0.2, 0.25) is 0 Å². The fourth-order valence-electron chi connectivity index (χ4n) is 5.42. The lowest BCUT2D eigenvalue weighted by Crippen LogP contribution is -2.68. The highest BCUT2D eigenvalue weighted by Crippen LogP contribution is 2.63. The van der Waals surface area contributed by atoms with Gasteiger partial charge in [-0.1, -0.05) is 24.6 Å². The standard InChI is InChI=1S/C20H28N2O2/c1-2-5-17(15(4-1)14-22-9-12-23-13-10-22)21-18-16-6-11-24-19(16)20(18)7-3-8-20/h1-2,4-5,16,18-19,21H,3,6-14H2/t16-,18-,19-/m1/s1. The zero-order chi connectivity index (χ0) is 16.0. The second-order valence-electron chi connectivity index (χ2n) is 8.00. The van der Waals surface area contributed by atoms with Crippen LogP contribution in [0.2, 0.25) is 0 Å².